The van der Waals surface area contributed by atoms with Crippen LogP contribution >= 0.6 is 23.2 Å². The quantitative estimate of drug-likeness (QED) is 0.725. The summed E-state index contributed by atoms with van der Waals surface area (Å²) < 4.78 is 11.3. The molecule has 7 heteroatoms. The summed E-state index contributed by atoms with van der Waals surface area (Å²) in [6.45, 7) is 8.09. The van der Waals surface area contributed by atoms with Gasteiger partial charge in [0.15, 0.2) is 0 Å². The van der Waals surface area contributed by atoms with E-state index in [1.54, 1.807) is 29.9 Å². The molecule has 1 heterocycles. The Morgan fingerprint density at radius 1 is 1.30 bits per heavy atom. The maximum absolute atomic E-state index is 11.4. The van der Waals surface area contributed by atoms with Gasteiger partial charge in [0.05, 0.1) is 17.3 Å². The molecule has 0 aliphatic heterocycles. The zero-order valence-corrected chi connectivity index (χ0v) is 14.9. The van der Waals surface area contributed by atoms with Gasteiger partial charge in [0, 0.05) is 17.3 Å². The number of hydrogen-bond acceptors (Lipinski definition) is 4. The highest BCUT2D eigenvalue weighted by Crippen LogP contribution is 2.36. The number of rotatable bonds is 3. The molecule has 0 aliphatic rings. The fourth-order valence-electron chi connectivity index (χ4n) is 2.09. The van der Waals surface area contributed by atoms with Gasteiger partial charge in [-0.25, -0.2) is 9.48 Å². The maximum Gasteiger partial charge on any atom is 0.515 e. The Kier molecular flexibility index (Phi) is 5.22. The van der Waals surface area contributed by atoms with Gasteiger partial charge in [0.25, 0.3) is 0 Å². The Bertz CT molecular complexity index is 721. The van der Waals surface area contributed by atoms with Crippen LogP contribution in [0.25, 0.3) is 5.69 Å². The fraction of sp³-hybridized carbons (Fsp3) is 0.375. The molecule has 0 atom stereocenters. The lowest BCUT2D eigenvalue weighted by molar-refractivity contribution is 0.102. The van der Waals surface area contributed by atoms with Gasteiger partial charge in [-0.05, 0) is 30.0 Å². The molecule has 0 fully saturated rings. The molecule has 0 spiro atoms. The Balaban J connectivity index is 2.43. The zero-order valence-electron chi connectivity index (χ0n) is 13.4. The largest absolute Gasteiger partial charge is 0.515 e. The van der Waals surface area contributed by atoms with Gasteiger partial charge in [-0.2, -0.15) is 0 Å². The monoisotopic (exact) mass is 356 g/mol. The van der Waals surface area contributed by atoms with Crippen LogP contribution in [0.1, 0.15) is 33.3 Å². The molecule has 23 heavy (non-hydrogen) atoms. The molecule has 0 amide bonds. The molecule has 2 aromatic rings. The van der Waals surface area contributed by atoms with Crippen LogP contribution in [0.5, 0.6) is 5.88 Å². The van der Waals surface area contributed by atoms with Crippen LogP contribution in [0.2, 0.25) is 10.0 Å². The summed E-state index contributed by atoms with van der Waals surface area (Å²) in [6.07, 6.45) is 0.870. The Morgan fingerprint density at radius 3 is 2.61 bits per heavy atom. The summed E-state index contributed by atoms with van der Waals surface area (Å²) in [6, 6.07) is 5.08. The fourth-order valence-corrected chi connectivity index (χ4v) is 2.67. The van der Waals surface area contributed by atoms with Crippen molar-refractivity contribution in [2.45, 2.75) is 33.1 Å². The van der Waals surface area contributed by atoms with E-state index in [-0.39, 0.29) is 17.9 Å². The minimum atomic E-state index is -0.795. The molecule has 5 nitrogen and oxygen atoms in total. The van der Waals surface area contributed by atoms with E-state index in [1.165, 1.54) is 0 Å². The molecule has 124 valence electrons. The van der Waals surface area contributed by atoms with Gasteiger partial charge in [-0.3, -0.25) is 0 Å². The predicted molar refractivity (Wildman–Crippen MR) is 89.9 cm³/mol. The summed E-state index contributed by atoms with van der Waals surface area (Å²) in [5, 5.41) is 5.25. The van der Waals surface area contributed by atoms with Crippen LogP contribution in [0.4, 0.5) is 4.79 Å². The van der Waals surface area contributed by atoms with E-state index in [2.05, 4.69) is 25.9 Å². The number of carbonyl (C=O) groups is 1. The van der Waals surface area contributed by atoms with Crippen LogP contribution in [0, 0.1) is 0 Å². The first-order valence-corrected chi connectivity index (χ1v) is 7.88. The van der Waals surface area contributed by atoms with Crippen molar-refractivity contribution in [3.63, 3.8) is 0 Å². The predicted octanol–water partition coefficient (Wildman–Crippen LogP) is 5.01. The van der Waals surface area contributed by atoms with E-state index in [4.69, 9.17) is 32.7 Å². The summed E-state index contributed by atoms with van der Waals surface area (Å²) in [7, 11) is 0. The molecule has 0 radical (unpaired) electrons. The van der Waals surface area contributed by atoms with Crippen LogP contribution in [-0.2, 0) is 10.2 Å². The van der Waals surface area contributed by atoms with Crippen molar-refractivity contribution in [2.75, 3.05) is 6.61 Å². The topological polar surface area (TPSA) is 53.4 Å². The van der Waals surface area contributed by atoms with Gasteiger partial charge in [0.2, 0.25) is 5.88 Å². The van der Waals surface area contributed by atoms with Crippen molar-refractivity contribution >= 4 is 29.4 Å². The highest BCUT2D eigenvalue weighted by Gasteiger charge is 2.23. The lowest BCUT2D eigenvalue weighted by atomic mass is 9.86. The number of ether oxygens (including phenoxy) is 2. The third-order valence-electron chi connectivity index (χ3n) is 3.08. The minimum Gasteiger partial charge on any atom is -0.434 e. The van der Waals surface area contributed by atoms with Crippen LogP contribution in [-0.4, -0.2) is 22.5 Å². The van der Waals surface area contributed by atoms with E-state index < -0.39 is 6.16 Å². The highest BCUT2D eigenvalue weighted by atomic mass is 35.5. The summed E-state index contributed by atoms with van der Waals surface area (Å²) in [5.74, 6) is 0.134. The van der Waals surface area contributed by atoms with E-state index in [9.17, 15) is 4.79 Å². The first-order valence-electron chi connectivity index (χ1n) is 7.12. The van der Waals surface area contributed by atoms with Crippen molar-refractivity contribution in [1.82, 2.24) is 9.78 Å². The lowest BCUT2D eigenvalue weighted by Crippen LogP contribution is -2.16. The van der Waals surface area contributed by atoms with E-state index in [1.807, 2.05) is 6.07 Å². The van der Waals surface area contributed by atoms with E-state index in [0.29, 0.717) is 15.7 Å². The van der Waals surface area contributed by atoms with Crippen molar-refractivity contribution in [1.29, 1.82) is 0 Å². The van der Waals surface area contributed by atoms with Crippen LogP contribution < -0.4 is 4.74 Å². The first kappa shape index (κ1) is 17.6. The number of benzene rings is 1. The van der Waals surface area contributed by atoms with Crippen molar-refractivity contribution in [2.24, 2.45) is 0 Å². The first-order chi connectivity index (χ1) is 10.7. The second kappa shape index (κ2) is 6.81. The molecule has 2 rings (SSSR count). The van der Waals surface area contributed by atoms with E-state index >= 15 is 0 Å². The average molecular weight is 357 g/mol. The van der Waals surface area contributed by atoms with Crippen molar-refractivity contribution in [3.05, 3.63) is 40.0 Å². The Hall–Kier alpha value is -1.72. The number of hydrogen-bond donors (Lipinski definition) is 0. The third kappa shape index (κ3) is 4.18. The molecular weight excluding hydrogens is 339 g/mol. The molecule has 0 aliphatic carbocycles. The SMILES string of the molecule is CCOC(=O)Oc1ccn(-c2c(Cl)cc(Cl)cc2C(C)(C)C)n1. The summed E-state index contributed by atoms with van der Waals surface area (Å²) >= 11 is 12.5. The summed E-state index contributed by atoms with van der Waals surface area (Å²) in [5.41, 5.74) is 1.43. The maximum atomic E-state index is 11.4. The van der Waals surface area contributed by atoms with Gasteiger partial charge in [-0.1, -0.05) is 44.0 Å². The molecule has 0 saturated carbocycles. The second-order valence-electron chi connectivity index (χ2n) is 5.92. The molecule has 0 bridgehead atoms. The number of halogens is 2. The summed E-state index contributed by atoms with van der Waals surface area (Å²) in [4.78, 5) is 11.4. The van der Waals surface area contributed by atoms with Gasteiger partial charge >= 0.3 is 6.16 Å². The lowest BCUT2D eigenvalue weighted by Gasteiger charge is -2.24. The Labute approximate surface area is 145 Å². The normalized spacial score (nSPS) is 11.4. The van der Waals surface area contributed by atoms with Gasteiger partial charge in [-0.15, -0.1) is 5.10 Å². The number of carbonyl (C=O) groups excluding carboxylic acids is 1. The molecule has 0 unspecified atom stereocenters. The number of nitrogens with zero attached hydrogens (tertiary/aromatic N) is 2. The Morgan fingerprint density at radius 2 is 2.00 bits per heavy atom. The van der Waals surface area contributed by atoms with Gasteiger partial charge < -0.3 is 9.47 Å². The van der Waals surface area contributed by atoms with Crippen LogP contribution in [0.15, 0.2) is 24.4 Å². The smallest absolute Gasteiger partial charge is 0.434 e. The third-order valence-corrected chi connectivity index (χ3v) is 3.59. The molecule has 1 aromatic carbocycles. The molecular formula is C16H18Cl2N2O3. The van der Waals surface area contributed by atoms with Crippen molar-refractivity contribution < 1.29 is 14.3 Å². The van der Waals surface area contributed by atoms with E-state index in [0.717, 1.165) is 5.56 Å². The van der Waals surface area contributed by atoms with Crippen LogP contribution in [0.3, 0.4) is 0 Å². The van der Waals surface area contributed by atoms with Crippen molar-refractivity contribution in [3.8, 4) is 11.6 Å². The zero-order chi connectivity index (χ0) is 17.2. The minimum absolute atomic E-state index is 0.134. The molecule has 0 N–H and O–H groups in total. The average Bonchev–Trinajstić information content (AvgIpc) is 2.85. The molecule has 1 aromatic heterocycles. The second-order valence-corrected chi connectivity index (χ2v) is 6.76. The number of aromatic nitrogens is 2. The molecule has 0 saturated heterocycles. The van der Waals surface area contributed by atoms with Gasteiger partial charge in [0.1, 0.15) is 0 Å². The highest BCUT2D eigenvalue weighted by molar-refractivity contribution is 6.36. The standard InChI is InChI=1S/C16H18Cl2N2O3/c1-5-22-15(21)23-13-6-7-20(19-13)14-11(16(2,3)4)8-10(17)9-12(14)18/h6-9H,5H2,1-4H3.